The SMILES string of the molecule is COc1ccccc1NC(=S)Nc1cnn(Cc2ccc(C)cc2)c1. The maximum absolute atomic E-state index is 5.36. The van der Waals surface area contributed by atoms with E-state index in [2.05, 4.69) is 46.9 Å². The Balaban J connectivity index is 1.61. The van der Waals surface area contributed by atoms with Crippen LogP contribution >= 0.6 is 12.2 Å². The Morgan fingerprint density at radius 3 is 2.64 bits per heavy atom. The molecular weight excluding hydrogens is 332 g/mol. The Bertz CT molecular complexity index is 858. The average Bonchev–Trinajstić information content (AvgIpc) is 3.04. The summed E-state index contributed by atoms with van der Waals surface area (Å²) in [5.41, 5.74) is 4.10. The number of para-hydroxylation sites is 2. The molecule has 25 heavy (non-hydrogen) atoms. The lowest BCUT2D eigenvalue weighted by atomic mass is 10.1. The molecule has 0 aliphatic heterocycles. The van der Waals surface area contributed by atoms with Crippen LogP contribution in [-0.2, 0) is 6.54 Å². The van der Waals surface area contributed by atoms with Gasteiger partial charge in [0.2, 0.25) is 0 Å². The van der Waals surface area contributed by atoms with Gasteiger partial charge in [-0.25, -0.2) is 0 Å². The molecule has 0 bridgehead atoms. The van der Waals surface area contributed by atoms with Crippen LogP contribution in [0.3, 0.4) is 0 Å². The molecule has 6 heteroatoms. The number of methoxy groups -OCH3 is 1. The molecule has 0 atom stereocenters. The highest BCUT2D eigenvalue weighted by Crippen LogP contribution is 2.23. The molecule has 0 saturated heterocycles. The Morgan fingerprint density at radius 2 is 1.88 bits per heavy atom. The summed E-state index contributed by atoms with van der Waals surface area (Å²) in [5.74, 6) is 0.738. The van der Waals surface area contributed by atoms with Crippen LogP contribution in [0.15, 0.2) is 60.9 Å². The first-order chi connectivity index (χ1) is 12.1. The number of hydrogen-bond donors (Lipinski definition) is 2. The fourth-order valence-electron chi connectivity index (χ4n) is 2.43. The van der Waals surface area contributed by atoms with E-state index in [1.54, 1.807) is 13.3 Å². The normalized spacial score (nSPS) is 10.3. The lowest BCUT2D eigenvalue weighted by Gasteiger charge is -2.12. The Kier molecular flexibility index (Phi) is 5.30. The second-order valence-corrected chi connectivity index (χ2v) is 6.10. The van der Waals surface area contributed by atoms with Crippen molar-refractivity contribution in [3.8, 4) is 5.75 Å². The number of aryl methyl sites for hydroxylation is 1. The maximum atomic E-state index is 5.36. The molecule has 1 heterocycles. The smallest absolute Gasteiger partial charge is 0.175 e. The molecule has 0 aliphatic rings. The Hall–Kier alpha value is -2.86. The number of aromatic nitrogens is 2. The van der Waals surface area contributed by atoms with Gasteiger partial charge in [0.25, 0.3) is 0 Å². The topological polar surface area (TPSA) is 51.1 Å². The molecule has 0 aliphatic carbocycles. The van der Waals surface area contributed by atoms with E-state index in [0.717, 1.165) is 17.1 Å². The van der Waals surface area contributed by atoms with Gasteiger partial charge < -0.3 is 15.4 Å². The van der Waals surface area contributed by atoms with Crippen molar-refractivity contribution in [2.45, 2.75) is 13.5 Å². The van der Waals surface area contributed by atoms with Crippen LogP contribution in [0.5, 0.6) is 5.75 Å². The summed E-state index contributed by atoms with van der Waals surface area (Å²) in [6, 6.07) is 16.0. The molecule has 0 spiro atoms. The Labute approximate surface area is 152 Å². The van der Waals surface area contributed by atoms with E-state index in [0.29, 0.717) is 11.7 Å². The van der Waals surface area contributed by atoms with Gasteiger partial charge >= 0.3 is 0 Å². The zero-order valence-corrected chi connectivity index (χ0v) is 15.0. The zero-order valence-electron chi connectivity index (χ0n) is 14.2. The predicted molar refractivity (Wildman–Crippen MR) is 105 cm³/mol. The molecule has 2 aromatic carbocycles. The van der Waals surface area contributed by atoms with Gasteiger partial charge in [-0.2, -0.15) is 5.10 Å². The van der Waals surface area contributed by atoms with Gasteiger partial charge in [0.1, 0.15) is 5.75 Å². The van der Waals surface area contributed by atoms with E-state index in [1.807, 2.05) is 35.1 Å². The summed E-state index contributed by atoms with van der Waals surface area (Å²) in [6.45, 7) is 2.80. The summed E-state index contributed by atoms with van der Waals surface area (Å²) in [4.78, 5) is 0. The molecule has 3 aromatic rings. The van der Waals surface area contributed by atoms with Crippen LogP contribution in [0, 0.1) is 6.92 Å². The third-order valence-electron chi connectivity index (χ3n) is 3.71. The molecule has 0 radical (unpaired) electrons. The van der Waals surface area contributed by atoms with Gasteiger partial charge in [-0.1, -0.05) is 42.0 Å². The fourth-order valence-corrected chi connectivity index (χ4v) is 2.66. The molecule has 128 valence electrons. The highest BCUT2D eigenvalue weighted by molar-refractivity contribution is 7.80. The van der Waals surface area contributed by atoms with Crippen LogP contribution in [0.1, 0.15) is 11.1 Å². The van der Waals surface area contributed by atoms with Gasteiger partial charge in [0.05, 0.1) is 31.2 Å². The van der Waals surface area contributed by atoms with Gasteiger partial charge in [0, 0.05) is 6.20 Å². The molecule has 0 unspecified atom stereocenters. The van der Waals surface area contributed by atoms with E-state index in [4.69, 9.17) is 17.0 Å². The van der Waals surface area contributed by atoms with E-state index < -0.39 is 0 Å². The highest BCUT2D eigenvalue weighted by Gasteiger charge is 2.06. The molecular formula is C19H20N4OS. The second-order valence-electron chi connectivity index (χ2n) is 5.69. The van der Waals surface area contributed by atoms with Gasteiger partial charge in [-0.05, 0) is 36.8 Å². The number of ether oxygens (including phenoxy) is 1. The van der Waals surface area contributed by atoms with Crippen molar-refractivity contribution in [1.82, 2.24) is 9.78 Å². The van der Waals surface area contributed by atoms with Crippen molar-refractivity contribution in [2.75, 3.05) is 17.7 Å². The van der Waals surface area contributed by atoms with Gasteiger partial charge in [-0.15, -0.1) is 0 Å². The summed E-state index contributed by atoms with van der Waals surface area (Å²) in [7, 11) is 1.63. The zero-order chi connectivity index (χ0) is 17.6. The molecule has 2 N–H and O–H groups in total. The number of hydrogen-bond acceptors (Lipinski definition) is 3. The maximum Gasteiger partial charge on any atom is 0.175 e. The van der Waals surface area contributed by atoms with Crippen molar-refractivity contribution in [2.24, 2.45) is 0 Å². The number of thiocarbonyl (C=S) groups is 1. The van der Waals surface area contributed by atoms with Crippen molar-refractivity contribution in [1.29, 1.82) is 0 Å². The predicted octanol–water partition coefficient (Wildman–Crippen LogP) is 4.06. The van der Waals surface area contributed by atoms with E-state index in [-0.39, 0.29) is 0 Å². The van der Waals surface area contributed by atoms with Gasteiger partial charge in [0.15, 0.2) is 5.11 Å². The van der Waals surface area contributed by atoms with Crippen LogP contribution in [0.2, 0.25) is 0 Å². The van der Waals surface area contributed by atoms with Gasteiger partial charge in [-0.3, -0.25) is 4.68 Å². The number of nitrogens with zero attached hydrogens (tertiary/aromatic N) is 2. The number of benzene rings is 2. The van der Waals surface area contributed by atoms with Crippen molar-refractivity contribution >= 4 is 28.7 Å². The first-order valence-electron chi connectivity index (χ1n) is 7.93. The van der Waals surface area contributed by atoms with Crippen molar-refractivity contribution in [3.63, 3.8) is 0 Å². The fraction of sp³-hybridized carbons (Fsp3) is 0.158. The minimum absolute atomic E-state index is 0.486. The first kappa shape index (κ1) is 17.0. The third kappa shape index (κ3) is 4.58. The first-order valence-corrected chi connectivity index (χ1v) is 8.34. The van der Waals surface area contributed by atoms with Crippen LogP contribution in [0.25, 0.3) is 0 Å². The minimum Gasteiger partial charge on any atom is -0.495 e. The van der Waals surface area contributed by atoms with Crippen LogP contribution in [-0.4, -0.2) is 22.0 Å². The Morgan fingerprint density at radius 1 is 1.12 bits per heavy atom. The van der Waals surface area contributed by atoms with Crippen molar-refractivity contribution in [3.05, 3.63) is 72.1 Å². The molecule has 3 rings (SSSR count). The van der Waals surface area contributed by atoms with Crippen LogP contribution in [0.4, 0.5) is 11.4 Å². The quantitative estimate of drug-likeness (QED) is 0.678. The molecule has 0 fully saturated rings. The molecule has 0 saturated carbocycles. The molecule has 1 aromatic heterocycles. The summed E-state index contributed by atoms with van der Waals surface area (Å²) >= 11 is 5.36. The van der Waals surface area contributed by atoms with E-state index in [9.17, 15) is 0 Å². The number of rotatable bonds is 5. The van der Waals surface area contributed by atoms with E-state index >= 15 is 0 Å². The number of nitrogens with one attached hydrogen (secondary N) is 2. The molecule has 0 amide bonds. The summed E-state index contributed by atoms with van der Waals surface area (Å²) in [5, 5.41) is 11.1. The third-order valence-corrected chi connectivity index (χ3v) is 3.92. The lowest BCUT2D eigenvalue weighted by molar-refractivity contribution is 0.417. The standard InChI is InChI=1S/C19H20N4OS/c1-14-7-9-15(10-8-14)12-23-13-16(11-20-23)21-19(25)22-17-5-3-4-6-18(17)24-2/h3-11,13H,12H2,1-2H3,(H2,21,22,25). The van der Waals surface area contributed by atoms with Crippen molar-refractivity contribution < 1.29 is 4.74 Å². The summed E-state index contributed by atoms with van der Waals surface area (Å²) < 4.78 is 7.18. The van der Waals surface area contributed by atoms with E-state index in [1.165, 1.54) is 11.1 Å². The van der Waals surface area contributed by atoms with Crippen LogP contribution < -0.4 is 15.4 Å². The molecule has 5 nitrogen and oxygen atoms in total. The second kappa shape index (κ2) is 7.81. The largest absolute Gasteiger partial charge is 0.495 e. The number of anilines is 2. The average molecular weight is 352 g/mol. The monoisotopic (exact) mass is 352 g/mol. The lowest BCUT2D eigenvalue weighted by Crippen LogP contribution is -2.19. The minimum atomic E-state index is 0.486. The summed E-state index contributed by atoms with van der Waals surface area (Å²) in [6.07, 6.45) is 3.68. The highest BCUT2D eigenvalue weighted by atomic mass is 32.1.